The zero-order valence-corrected chi connectivity index (χ0v) is 17.6. The van der Waals surface area contributed by atoms with Crippen LogP contribution in [-0.2, 0) is 4.79 Å². The lowest BCUT2D eigenvalue weighted by molar-refractivity contribution is -0.384. The van der Waals surface area contributed by atoms with Gasteiger partial charge in [-0.25, -0.2) is 0 Å². The van der Waals surface area contributed by atoms with E-state index in [1.807, 2.05) is 30.3 Å². The van der Waals surface area contributed by atoms with Crippen molar-refractivity contribution in [2.24, 2.45) is 0 Å². The van der Waals surface area contributed by atoms with Gasteiger partial charge in [0.05, 0.1) is 11.1 Å². The number of rotatable bonds is 8. The third kappa shape index (κ3) is 7.91. The number of anilines is 1. The van der Waals surface area contributed by atoms with Crippen molar-refractivity contribution in [1.82, 2.24) is 10.6 Å². The molecule has 0 spiro atoms. The number of carbonyl (C=O) groups is 1. The van der Waals surface area contributed by atoms with E-state index in [0.717, 1.165) is 5.56 Å². The number of hydrogen-bond acceptors (Lipinski definition) is 5. The highest BCUT2D eigenvalue weighted by molar-refractivity contribution is 6.68. The van der Waals surface area contributed by atoms with Gasteiger partial charge in [0.15, 0.2) is 0 Å². The van der Waals surface area contributed by atoms with Gasteiger partial charge >= 0.3 is 0 Å². The summed E-state index contributed by atoms with van der Waals surface area (Å²) in [6, 6.07) is 15.2. The molecule has 2 unspecified atom stereocenters. The van der Waals surface area contributed by atoms with Crippen LogP contribution >= 0.6 is 34.8 Å². The van der Waals surface area contributed by atoms with Crippen LogP contribution in [0, 0.1) is 10.1 Å². The van der Waals surface area contributed by atoms with E-state index in [0.29, 0.717) is 5.69 Å². The molecule has 0 aromatic heterocycles. The molecule has 0 aliphatic carbocycles. The second kappa shape index (κ2) is 10.5. The molecule has 0 heterocycles. The molecule has 2 aromatic rings. The third-order valence-electron chi connectivity index (χ3n) is 3.70. The number of nitro benzene ring substituents is 1. The third-order valence-corrected chi connectivity index (χ3v) is 4.35. The fourth-order valence-electron chi connectivity index (χ4n) is 2.40. The van der Waals surface area contributed by atoms with Gasteiger partial charge in [0.1, 0.15) is 6.17 Å². The van der Waals surface area contributed by atoms with Gasteiger partial charge in [0.2, 0.25) is 9.70 Å². The van der Waals surface area contributed by atoms with Gasteiger partial charge < -0.3 is 10.6 Å². The molecule has 0 radical (unpaired) electrons. The second-order valence-electron chi connectivity index (χ2n) is 6.07. The van der Waals surface area contributed by atoms with E-state index in [-0.39, 0.29) is 5.69 Å². The maximum atomic E-state index is 12.2. The van der Waals surface area contributed by atoms with Crippen molar-refractivity contribution >= 4 is 58.2 Å². The monoisotopic (exact) mass is 456 g/mol. The van der Waals surface area contributed by atoms with Crippen LogP contribution in [0.3, 0.4) is 0 Å². The quantitative estimate of drug-likeness (QED) is 0.179. The van der Waals surface area contributed by atoms with Crippen LogP contribution in [-0.4, -0.2) is 27.0 Å². The molecule has 3 N–H and O–H groups in total. The molecule has 0 aliphatic heterocycles. The number of alkyl halides is 3. The molecule has 1 amide bonds. The maximum absolute atomic E-state index is 12.2. The summed E-state index contributed by atoms with van der Waals surface area (Å²) in [5.74, 6) is -0.458. The van der Waals surface area contributed by atoms with Crippen molar-refractivity contribution in [2.45, 2.75) is 23.0 Å². The number of hydrogen-bond donors (Lipinski definition) is 3. The lowest BCUT2D eigenvalue weighted by atomic mass is 10.2. The summed E-state index contributed by atoms with van der Waals surface area (Å²) in [5, 5.41) is 19.4. The number of nitrogens with zero attached hydrogens (tertiary/aromatic N) is 1. The van der Waals surface area contributed by atoms with Gasteiger partial charge in [0, 0.05) is 23.9 Å². The van der Waals surface area contributed by atoms with Crippen LogP contribution in [0.4, 0.5) is 11.4 Å². The molecule has 2 aromatic carbocycles. The molecular formula is C19H19Cl3N4O3. The van der Waals surface area contributed by atoms with Gasteiger partial charge in [0.25, 0.3) is 5.69 Å². The number of non-ortho nitro benzene ring substituents is 1. The lowest BCUT2D eigenvalue weighted by Gasteiger charge is -2.30. The summed E-state index contributed by atoms with van der Waals surface area (Å²) in [5.41, 5.74) is 1.29. The highest BCUT2D eigenvalue weighted by Gasteiger charge is 2.34. The van der Waals surface area contributed by atoms with E-state index in [2.05, 4.69) is 16.0 Å². The minimum Gasteiger partial charge on any atom is -0.370 e. The summed E-state index contributed by atoms with van der Waals surface area (Å²) in [4.78, 5) is 22.6. The van der Waals surface area contributed by atoms with Crippen molar-refractivity contribution in [1.29, 1.82) is 0 Å². The number of carbonyl (C=O) groups excluding carboxylic acids is 1. The average molecular weight is 458 g/mol. The van der Waals surface area contributed by atoms with Crippen molar-refractivity contribution in [2.75, 3.05) is 5.32 Å². The standard InChI is InChI=1S/C19H19Cl3N4O3/c1-13(23-15-8-5-9-16(12-15)26(28)29)24-18(19(20,21)22)25-17(27)11-10-14-6-3-2-4-7-14/h2-13,18,23-24H,1H3,(H,25,27). The van der Waals surface area contributed by atoms with E-state index < -0.39 is 27.0 Å². The Morgan fingerprint density at radius 1 is 1.14 bits per heavy atom. The Morgan fingerprint density at radius 3 is 2.45 bits per heavy atom. The fraction of sp³-hybridized carbons (Fsp3) is 0.211. The first-order valence-corrected chi connectivity index (χ1v) is 9.66. The van der Waals surface area contributed by atoms with Crippen molar-refractivity contribution < 1.29 is 9.72 Å². The van der Waals surface area contributed by atoms with Crippen molar-refractivity contribution in [3.05, 3.63) is 76.4 Å². The Balaban J connectivity index is 2.01. The van der Waals surface area contributed by atoms with E-state index >= 15 is 0 Å². The molecule has 154 valence electrons. The Hall–Kier alpha value is -2.32. The molecule has 7 nitrogen and oxygen atoms in total. The van der Waals surface area contributed by atoms with E-state index in [1.165, 1.54) is 18.2 Å². The number of nitrogens with one attached hydrogen (secondary N) is 3. The van der Waals surface area contributed by atoms with Crippen LogP contribution < -0.4 is 16.0 Å². The molecular weight excluding hydrogens is 439 g/mol. The smallest absolute Gasteiger partial charge is 0.271 e. The zero-order chi connectivity index (χ0) is 21.4. The fourth-order valence-corrected chi connectivity index (χ4v) is 2.75. The summed E-state index contributed by atoms with van der Waals surface area (Å²) in [6.07, 6.45) is 1.45. The van der Waals surface area contributed by atoms with Crippen LogP contribution in [0.2, 0.25) is 0 Å². The summed E-state index contributed by atoms with van der Waals surface area (Å²) in [7, 11) is 0. The first kappa shape index (κ1) is 23.0. The van der Waals surface area contributed by atoms with Crippen molar-refractivity contribution in [3.63, 3.8) is 0 Å². The van der Waals surface area contributed by atoms with Gasteiger partial charge in [-0.05, 0) is 24.6 Å². The minimum atomic E-state index is -1.84. The molecule has 2 rings (SSSR count). The predicted octanol–water partition coefficient (Wildman–Crippen LogP) is 4.47. The SMILES string of the molecule is CC(Nc1cccc([N+](=O)[O-])c1)NC(NC(=O)C=Cc1ccccc1)C(Cl)(Cl)Cl. The highest BCUT2D eigenvalue weighted by atomic mass is 35.6. The minimum absolute atomic E-state index is 0.0560. The second-order valence-corrected chi connectivity index (χ2v) is 8.44. The van der Waals surface area contributed by atoms with Crippen molar-refractivity contribution in [3.8, 4) is 0 Å². The highest BCUT2D eigenvalue weighted by Crippen LogP contribution is 2.29. The summed E-state index contributed by atoms with van der Waals surface area (Å²) in [6.45, 7) is 1.72. The first-order chi connectivity index (χ1) is 13.6. The summed E-state index contributed by atoms with van der Waals surface area (Å²) >= 11 is 18.0. The largest absolute Gasteiger partial charge is 0.370 e. The molecule has 0 bridgehead atoms. The summed E-state index contributed by atoms with van der Waals surface area (Å²) < 4.78 is -1.84. The molecule has 29 heavy (non-hydrogen) atoms. The van der Waals surface area contributed by atoms with E-state index in [9.17, 15) is 14.9 Å². The van der Waals surface area contributed by atoms with Crippen LogP contribution in [0.5, 0.6) is 0 Å². The van der Waals surface area contributed by atoms with E-state index in [4.69, 9.17) is 34.8 Å². The van der Waals surface area contributed by atoms with Crippen LogP contribution in [0.25, 0.3) is 6.08 Å². The maximum Gasteiger partial charge on any atom is 0.271 e. The molecule has 0 aliphatic rings. The van der Waals surface area contributed by atoms with Gasteiger partial charge in [-0.15, -0.1) is 0 Å². The number of nitro groups is 1. The molecule has 0 saturated carbocycles. The van der Waals surface area contributed by atoms with Crippen LogP contribution in [0.1, 0.15) is 12.5 Å². The van der Waals surface area contributed by atoms with Crippen LogP contribution in [0.15, 0.2) is 60.7 Å². The van der Waals surface area contributed by atoms with Gasteiger partial charge in [-0.3, -0.25) is 20.2 Å². The Kier molecular flexibility index (Phi) is 8.28. The topological polar surface area (TPSA) is 96.3 Å². The normalized spacial score (nSPS) is 13.7. The number of benzene rings is 2. The molecule has 0 fully saturated rings. The first-order valence-electron chi connectivity index (χ1n) is 8.52. The van der Waals surface area contributed by atoms with E-state index in [1.54, 1.807) is 25.1 Å². The van der Waals surface area contributed by atoms with Gasteiger partial charge in [-0.1, -0.05) is 71.2 Å². The molecule has 0 saturated heterocycles. The Bertz CT molecular complexity index is 873. The Labute approximate surface area is 183 Å². The lowest BCUT2D eigenvalue weighted by Crippen LogP contribution is -2.57. The predicted molar refractivity (Wildman–Crippen MR) is 117 cm³/mol. The van der Waals surface area contributed by atoms with Gasteiger partial charge in [-0.2, -0.15) is 0 Å². The number of amides is 1. The zero-order valence-electron chi connectivity index (χ0n) is 15.3. The molecule has 10 heteroatoms. The molecule has 2 atom stereocenters. The Morgan fingerprint density at radius 2 is 1.83 bits per heavy atom. The average Bonchev–Trinajstić information content (AvgIpc) is 2.66. The number of halogens is 3.